The summed E-state index contributed by atoms with van der Waals surface area (Å²) in [6.45, 7) is 5.97. The van der Waals surface area contributed by atoms with Gasteiger partial charge in [0.05, 0.1) is 11.5 Å². The molecule has 21 heavy (non-hydrogen) atoms. The normalized spacial score (nSPS) is 23.0. The SMILES string of the molecule is CCCC1(C(=O)NC(C)c2ccc(SC)cc2)CCNC1. The van der Waals surface area contributed by atoms with Crippen molar-refractivity contribution in [2.45, 2.75) is 44.0 Å². The lowest BCUT2D eigenvalue weighted by atomic mass is 9.81. The van der Waals surface area contributed by atoms with Gasteiger partial charge in [0.1, 0.15) is 0 Å². The molecule has 2 N–H and O–H groups in total. The zero-order valence-electron chi connectivity index (χ0n) is 13.2. The Hall–Kier alpha value is -1.00. The minimum Gasteiger partial charge on any atom is -0.349 e. The Kier molecular flexibility index (Phi) is 5.71. The Balaban J connectivity index is 2.03. The average molecular weight is 306 g/mol. The summed E-state index contributed by atoms with van der Waals surface area (Å²) >= 11 is 1.73. The Morgan fingerprint density at radius 3 is 2.67 bits per heavy atom. The summed E-state index contributed by atoms with van der Waals surface area (Å²) in [6.07, 6.45) is 5.03. The molecule has 1 fully saturated rings. The van der Waals surface area contributed by atoms with E-state index >= 15 is 0 Å². The van der Waals surface area contributed by atoms with Crippen molar-refractivity contribution in [1.82, 2.24) is 10.6 Å². The lowest BCUT2D eigenvalue weighted by Crippen LogP contribution is -2.43. The summed E-state index contributed by atoms with van der Waals surface area (Å²) in [4.78, 5) is 14.0. The van der Waals surface area contributed by atoms with Crippen LogP contribution in [0.15, 0.2) is 29.2 Å². The smallest absolute Gasteiger partial charge is 0.228 e. The van der Waals surface area contributed by atoms with E-state index in [0.29, 0.717) is 0 Å². The number of benzene rings is 1. The van der Waals surface area contributed by atoms with Crippen LogP contribution in [0, 0.1) is 5.41 Å². The molecule has 0 aromatic heterocycles. The molecule has 0 bridgehead atoms. The van der Waals surface area contributed by atoms with E-state index in [1.54, 1.807) is 11.8 Å². The van der Waals surface area contributed by atoms with Crippen LogP contribution in [0.1, 0.15) is 44.7 Å². The molecule has 0 spiro atoms. The van der Waals surface area contributed by atoms with Crippen molar-refractivity contribution < 1.29 is 4.79 Å². The number of thioether (sulfide) groups is 1. The Morgan fingerprint density at radius 1 is 1.43 bits per heavy atom. The molecular weight excluding hydrogens is 280 g/mol. The number of hydrogen-bond donors (Lipinski definition) is 2. The van der Waals surface area contributed by atoms with Gasteiger partial charge in [-0.3, -0.25) is 4.79 Å². The predicted octanol–water partition coefficient (Wildman–Crippen LogP) is 3.37. The summed E-state index contributed by atoms with van der Waals surface area (Å²) in [5, 5.41) is 6.56. The maximum atomic E-state index is 12.7. The van der Waals surface area contributed by atoms with E-state index in [4.69, 9.17) is 0 Å². The molecule has 3 nitrogen and oxygen atoms in total. The number of carbonyl (C=O) groups excluding carboxylic acids is 1. The van der Waals surface area contributed by atoms with E-state index < -0.39 is 0 Å². The third-order valence-electron chi connectivity index (χ3n) is 4.42. The summed E-state index contributed by atoms with van der Waals surface area (Å²) in [5.74, 6) is 0.204. The molecule has 2 unspecified atom stereocenters. The van der Waals surface area contributed by atoms with Crippen LogP contribution < -0.4 is 10.6 Å². The van der Waals surface area contributed by atoms with E-state index in [-0.39, 0.29) is 17.4 Å². The van der Waals surface area contributed by atoms with Crippen molar-refractivity contribution in [3.05, 3.63) is 29.8 Å². The largest absolute Gasteiger partial charge is 0.349 e. The highest BCUT2D eigenvalue weighted by Crippen LogP contribution is 2.32. The molecule has 1 aliphatic heterocycles. The molecule has 4 heteroatoms. The number of carbonyl (C=O) groups is 1. The molecule has 1 saturated heterocycles. The Bertz CT molecular complexity index is 466. The fourth-order valence-corrected chi connectivity index (χ4v) is 3.48. The average Bonchev–Trinajstić information content (AvgIpc) is 2.97. The van der Waals surface area contributed by atoms with Gasteiger partial charge < -0.3 is 10.6 Å². The molecule has 1 aromatic carbocycles. The number of amides is 1. The van der Waals surface area contributed by atoms with E-state index in [0.717, 1.165) is 32.4 Å². The molecule has 0 saturated carbocycles. The summed E-state index contributed by atoms with van der Waals surface area (Å²) in [5.41, 5.74) is 0.959. The van der Waals surface area contributed by atoms with Gasteiger partial charge in [-0.05, 0) is 50.3 Å². The van der Waals surface area contributed by atoms with Crippen molar-refractivity contribution in [2.24, 2.45) is 5.41 Å². The molecule has 0 radical (unpaired) electrons. The van der Waals surface area contributed by atoms with Gasteiger partial charge in [0.2, 0.25) is 5.91 Å². The number of rotatable bonds is 6. The number of hydrogen-bond acceptors (Lipinski definition) is 3. The zero-order chi connectivity index (χ0) is 15.3. The van der Waals surface area contributed by atoms with Gasteiger partial charge in [-0.2, -0.15) is 0 Å². The van der Waals surface area contributed by atoms with Crippen molar-refractivity contribution in [2.75, 3.05) is 19.3 Å². The van der Waals surface area contributed by atoms with E-state index in [2.05, 4.69) is 55.0 Å². The molecule has 0 aliphatic carbocycles. The van der Waals surface area contributed by atoms with Gasteiger partial charge >= 0.3 is 0 Å². The van der Waals surface area contributed by atoms with Gasteiger partial charge in [0, 0.05) is 11.4 Å². The molecule has 1 aliphatic rings. The van der Waals surface area contributed by atoms with Crippen LogP contribution in [-0.4, -0.2) is 25.3 Å². The van der Waals surface area contributed by atoms with Crippen LogP contribution in [0.5, 0.6) is 0 Å². The maximum Gasteiger partial charge on any atom is 0.228 e. The first-order chi connectivity index (χ1) is 10.1. The van der Waals surface area contributed by atoms with E-state index in [9.17, 15) is 4.79 Å². The zero-order valence-corrected chi connectivity index (χ0v) is 14.1. The number of nitrogens with one attached hydrogen (secondary N) is 2. The van der Waals surface area contributed by atoms with Gasteiger partial charge in [0.25, 0.3) is 0 Å². The predicted molar refractivity (Wildman–Crippen MR) is 89.6 cm³/mol. The standard InChI is InChI=1S/C17H26N2OS/c1-4-9-17(10-11-18-12-17)16(20)19-13(2)14-5-7-15(21-3)8-6-14/h5-8,13,18H,4,9-12H2,1-3H3,(H,19,20). The van der Waals surface area contributed by atoms with E-state index in [1.165, 1.54) is 10.5 Å². The fourth-order valence-electron chi connectivity index (χ4n) is 3.07. The highest BCUT2D eigenvalue weighted by molar-refractivity contribution is 7.98. The van der Waals surface area contributed by atoms with E-state index in [1.807, 2.05) is 0 Å². The van der Waals surface area contributed by atoms with Crippen LogP contribution in [-0.2, 0) is 4.79 Å². The molecule has 1 heterocycles. The lowest BCUT2D eigenvalue weighted by molar-refractivity contribution is -0.131. The second-order valence-electron chi connectivity index (χ2n) is 5.93. The quantitative estimate of drug-likeness (QED) is 0.792. The van der Waals surface area contributed by atoms with Crippen LogP contribution in [0.4, 0.5) is 0 Å². The highest BCUT2D eigenvalue weighted by atomic mass is 32.2. The summed E-state index contributed by atoms with van der Waals surface area (Å²) in [6, 6.07) is 8.50. The molecule has 1 aromatic rings. The van der Waals surface area contributed by atoms with Gasteiger partial charge in [-0.15, -0.1) is 11.8 Å². The minimum atomic E-state index is -0.206. The topological polar surface area (TPSA) is 41.1 Å². The third-order valence-corrected chi connectivity index (χ3v) is 5.16. The molecule has 1 amide bonds. The maximum absolute atomic E-state index is 12.7. The summed E-state index contributed by atoms with van der Waals surface area (Å²) < 4.78 is 0. The van der Waals surface area contributed by atoms with Crippen molar-refractivity contribution in [3.8, 4) is 0 Å². The third kappa shape index (κ3) is 3.80. The van der Waals surface area contributed by atoms with Crippen molar-refractivity contribution in [3.63, 3.8) is 0 Å². The minimum absolute atomic E-state index is 0.0581. The van der Waals surface area contributed by atoms with Gasteiger partial charge in [-0.25, -0.2) is 0 Å². The molecule has 2 atom stereocenters. The molecular formula is C17H26N2OS. The first-order valence-corrected chi connectivity index (χ1v) is 8.99. The second kappa shape index (κ2) is 7.32. The molecule has 116 valence electrons. The van der Waals surface area contributed by atoms with Crippen molar-refractivity contribution >= 4 is 17.7 Å². The van der Waals surface area contributed by atoms with Crippen LogP contribution in [0.25, 0.3) is 0 Å². The Labute approximate surface area is 132 Å². The molecule has 2 rings (SSSR count). The Morgan fingerprint density at radius 2 is 2.14 bits per heavy atom. The van der Waals surface area contributed by atoms with Gasteiger partial charge in [0.15, 0.2) is 0 Å². The van der Waals surface area contributed by atoms with Crippen LogP contribution in [0.2, 0.25) is 0 Å². The lowest BCUT2D eigenvalue weighted by Gasteiger charge is -2.28. The van der Waals surface area contributed by atoms with Gasteiger partial charge in [-0.1, -0.05) is 25.5 Å². The first-order valence-electron chi connectivity index (χ1n) is 7.77. The van der Waals surface area contributed by atoms with Crippen molar-refractivity contribution in [1.29, 1.82) is 0 Å². The fraction of sp³-hybridized carbons (Fsp3) is 0.588. The highest BCUT2D eigenvalue weighted by Gasteiger charge is 2.40. The first kappa shape index (κ1) is 16.4. The van der Waals surface area contributed by atoms with Crippen LogP contribution in [0.3, 0.4) is 0 Å². The monoisotopic (exact) mass is 306 g/mol. The second-order valence-corrected chi connectivity index (χ2v) is 6.81. The summed E-state index contributed by atoms with van der Waals surface area (Å²) in [7, 11) is 0. The van der Waals surface area contributed by atoms with Crippen LogP contribution >= 0.6 is 11.8 Å².